The summed E-state index contributed by atoms with van der Waals surface area (Å²) in [7, 11) is 1.51. The van der Waals surface area contributed by atoms with Gasteiger partial charge in [0.25, 0.3) is 0 Å². The number of ketones is 1. The van der Waals surface area contributed by atoms with Gasteiger partial charge in [0.15, 0.2) is 12.4 Å². The molecule has 0 radical (unpaired) electrons. The van der Waals surface area contributed by atoms with Gasteiger partial charge in [-0.15, -0.1) is 0 Å². The number of pyridine rings is 1. The molecule has 4 aromatic rings. The van der Waals surface area contributed by atoms with E-state index < -0.39 is 12.6 Å². The topological polar surface area (TPSA) is 103 Å². The van der Waals surface area contributed by atoms with Crippen molar-refractivity contribution in [3.8, 4) is 17.0 Å². The van der Waals surface area contributed by atoms with Crippen LogP contribution in [0, 0.1) is 23.7 Å². The number of aromatic nitrogens is 1. The summed E-state index contributed by atoms with van der Waals surface area (Å²) in [5.74, 6) is -1.24. The molecule has 2 saturated carbocycles. The molecule has 0 spiro atoms. The minimum atomic E-state index is -0.705. The second-order valence-electron chi connectivity index (χ2n) is 11.5. The molecule has 6 atom stereocenters. The molecule has 2 aliphatic carbocycles. The SMILES string of the molecule is COc1cccc(C(=O)COC(=O)c2cc(-c3ccc(N4C(=O)C5C6CC(C(Br)C6Br)C5C4=O)cc3)nc3c(Cl)cccc23)c1. The van der Waals surface area contributed by atoms with Crippen LogP contribution in [0.3, 0.4) is 0 Å². The maximum absolute atomic E-state index is 13.5. The Labute approximate surface area is 280 Å². The summed E-state index contributed by atoms with van der Waals surface area (Å²) in [6.07, 6.45) is 0.863. The molecule has 11 heteroatoms. The van der Waals surface area contributed by atoms with Gasteiger partial charge in [0.2, 0.25) is 11.8 Å². The normalized spacial score (nSPS) is 25.1. The molecule has 2 amide bonds. The number of anilines is 1. The van der Waals surface area contributed by atoms with Crippen molar-refractivity contribution in [2.75, 3.05) is 18.6 Å². The van der Waals surface area contributed by atoms with Crippen molar-refractivity contribution in [1.82, 2.24) is 4.98 Å². The maximum atomic E-state index is 13.5. The van der Waals surface area contributed by atoms with Crippen LogP contribution >= 0.6 is 43.5 Å². The summed E-state index contributed by atoms with van der Waals surface area (Å²) in [4.78, 5) is 59.4. The number of para-hydroxylation sites is 1. The fraction of sp³-hybridized carbons (Fsp3) is 0.265. The Morgan fingerprint density at radius 3 is 2.27 bits per heavy atom. The third kappa shape index (κ3) is 4.98. The molecule has 3 aromatic carbocycles. The fourth-order valence-electron chi connectivity index (χ4n) is 7.00. The van der Waals surface area contributed by atoms with E-state index in [1.807, 2.05) is 0 Å². The molecule has 3 fully saturated rings. The van der Waals surface area contributed by atoms with Gasteiger partial charge in [-0.05, 0) is 54.7 Å². The number of amides is 2. The third-order valence-electron chi connectivity index (χ3n) is 9.14. The number of hydrogen-bond donors (Lipinski definition) is 0. The molecule has 0 N–H and O–H groups in total. The molecule has 3 aliphatic rings. The molecule has 2 bridgehead atoms. The summed E-state index contributed by atoms with van der Waals surface area (Å²) >= 11 is 14.0. The van der Waals surface area contributed by atoms with Gasteiger partial charge in [-0.3, -0.25) is 19.3 Å². The van der Waals surface area contributed by atoms with Crippen LogP contribution in [-0.4, -0.2) is 51.9 Å². The number of benzene rings is 3. The average Bonchev–Trinajstić information content (AvgIpc) is 3.68. The number of esters is 1. The molecule has 7 rings (SSSR count). The Morgan fingerprint density at radius 1 is 0.933 bits per heavy atom. The van der Waals surface area contributed by atoms with Gasteiger partial charge in [0.1, 0.15) is 5.75 Å². The lowest BCUT2D eigenvalue weighted by Crippen LogP contribution is -2.37. The number of alkyl halides is 2. The Balaban J connectivity index is 1.16. The molecule has 6 unspecified atom stereocenters. The van der Waals surface area contributed by atoms with Crippen molar-refractivity contribution < 1.29 is 28.7 Å². The number of fused-ring (bicyclic) bond motifs is 6. The van der Waals surface area contributed by atoms with E-state index in [-0.39, 0.29) is 56.5 Å². The summed E-state index contributed by atoms with van der Waals surface area (Å²) in [5, 5.41) is 0.823. The first kappa shape index (κ1) is 30.1. The van der Waals surface area contributed by atoms with Gasteiger partial charge in [-0.1, -0.05) is 79.9 Å². The number of Topliss-reactive ketones (excluding diaryl/α,β-unsaturated/α-hetero) is 1. The van der Waals surface area contributed by atoms with Crippen molar-refractivity contribution in [2.24, 2.45) is 23.7 Å². The van der Waals surface area contributed by atoms with Gasteiger partial charge < -0.3 is 9.47 Å². The molecule has 1 aliphatic heterocycles. The predicted molar refractivity (Wildman–Crippen MR) is 176 cm³/mol. The van der Waals surface area contributed by atoms with E-state index >= 15 is 0 Å². The van der Waals surface area contributed by atoms with Gasteiger partial charge in [0, 0.05) is 26.2 Å². The predicted octanol–water partition coefficient (Wildman–Crippen LogP) is 6.89. The maximum Gasteiger partial charge on any atom is 0.339 e. The third-order valence-corrected chi connectivity index (χ3v) is 12.7. The van der Waals surface area contributed by atoms with Crippen LogP contribution in [0.2, 0.25) is 5.02 Å². The standard InChI is InChI=1S/C34H25Br2ClN2O6/c1-44-19-5-2-4-17(12-19)26(40)15-45-34(43)21-14-25(38-31-20(21)6-3-7-24(31)37)16-8-10-18(11-9-16)39-32(41)27-22-13-23(28(27)33(39)42)30(36)29(22)35/h2-12,14,22-23,27-30H,13,15H2,1H3. The van der Waals surface area contributed by atoms with E-state index in [2.05, 4.69) is 31.9 Å². The fourth-order valence-corrected chi connectivity index (χ4v) is 9.09. The number of hydrogen-bond acceptors (Lipinski definition) is 7. The van der Waals surface area contributed by atoms with Gasteiger partial charge in [0.05, 0.1) is 46.4 Å². The number of carbonyl (C=O) groups is 4. The van der Waals surface area contributed by atoms with Crippen LogP contribution in [0.15, 0.2) is 72.8 Å². The zero-order valence-electron chi connectivity index (χ0n) is 23.8. The van der Waals surface area contributed by atoms with Crippen molar-refractivity contribution in [2.45, 2.75) is 16.1 Å². The second kappa shape index (κ2) is 11.6. The second-order valence-corrected chi connectivity index (χ2v) is 14.0. The van der Waals surface area contributed by atoms with Crippen LogP contribution in [-0.2, 0) is 14.3 Å². The van der Waals surface area contributed by atoms with E-state index in [1.54, 1.807) is 72.8 Å². The number of nitrogens with zero attached hydrogens (tertiary/aromatic N) is 2. The molecular weight excluding hydrogens is 728 g/mol. The first-order chi connectivity index (χ1) is 21.7. The number of carbonyl (C=O) groups excluding carboxylic acids is 4. The molecular formula is C34H25Br2ClN2O6. The number of methoxy groups -OCH3 is 1. The minimum Gasteiger partial charge on any atom is -0.497 e. The minimum absolute atomic E-state index is 0.126. The summed E-state index contributed by atoms with van der Waals surface area (Å²) in [5.41, 5.74) is 2.52. The summed E-state index contributed by atoms with van der Waals surface area (Å²) in [6, 6.07) is 20.2. The van der Waals surface area contributed by atoms with Crippen LogP contribution in [0.1, 0.15) is 27.1 Å². The zero-order valence-corrected chi connectivity index (χ0v) is 27.7. The highest BCUT2D eigenvalue weighted by Crippen LogP contribution is 2.60. The van der Waals surface area contributed by atoms with Crippen molar-refractivity contribution in [3.05, 3.63) is 88.9 Å². The quantitative estimate of drug-likeness (QED) is 0.0878. The Morgan fingerprint density at radius 2 is 1.60 bits per heavy atom. The highest BCUT2D eigenvalue weighted by molar-refractivity contribution is 9.12. The molecule has 45 heavy (non-hydrogen) atoms. The molecule has 228 valence electrons. The lowest BCUT2D eigenvalue weighted by Gasteiger charge is -2.28. The molecule has 2 heterocycles. The summed E-state index contributed by atoms with van der Waals surface area (Å²) in [6.45, 7) is -0.465. The van der Waals surface area contributed by atoms with Crippen LogP contribution in [0.4, 0.5) is 5.69 Å². The average molecular weight is 753 g/mol. The van der Waals surface area contributed by atoms with E-state index in [9.17, 15) is 19.2 Å². The lowest BCUT2D eigenvalue weighted by atomic mass is 9.81. The van der Waals surface area contributed by atoms with Crippen LogP contribution < -0.4 is 9.64 Å². The Kier molecular flexibility index (Phi) is 7.78. The molecule has 1 saturated heterocycles. The van der Waals surface area contributed by atoms with Crippen molar-refractivity contribution in [1.29, 1.82) is 0 Å². The van der Waals surface area contributed by atoms with E-state index in [1.165, 1.54) is 12.0 Å². The monoisotopic (exact) mass is 750 g/mol. The van der Waals surface area contributed by atoms with Gasteiger partial charge >= 0.3 is 5.97 Å². The Hall–Kier alpha value is -3.60. The van der Waals surface area contributed by atoms with Crippen molar-refractivity contribution >= 4 is 83.6 Å². The van der Waals surface area contributed by atoms with Gasteiger partial charge in [-0.2, -0.15) is 0 Å². The number of imide groups is 1. The van der Waals surface area contributed by atoms with Crippen molar-refractivity contribution in [3.63, 3.8) is 0 Å². The number of halogens is 3. The summed E-state index contributed by atoms with van der Waals surface area (Å²) < 4.78 is 10.6. The smallest absolute Gasteiger partial charge is 0.339 e. The van der Waals surface area contributed by atoms with Gasteiger partial charge in [-0.25, -0.2) is 9.78 Å². The lowest BCUT2D eigenvalue weighted by molar-refractivity contribution is -0.123. The Bertz CT molecular complexity index is 1870. The highest BCUT2D eigenvalue weighted by atomic mass is 79.9. The molecule has 1 aromatic heterocycles. The highest BCUT2D eigenvalue weighted by Gasteiger charge is 2.66. The van der Waals surface area contributed by atoms with E-state index in [4.69, 9.17) is 26.1 Å². The number of ether oxygens (including phenoxy) is 2. The zero-order chi connectivity index (χ0) is 31.6. The molecule has 8 nitrogen and oxygen atoms in total. The van der Waals surface area contributed by atoms with Crippen LogP contribution in [0.5, 0.6) is 5.75 Å². The first-order valence-electron chi connectivity index (χ1n) is 14.4. The van der Waals surface area contributed by atoms with E-state index in [0.717, 1.165) is 6.42 Å². The largest absolute Gasteiger partial charge is 0.497 e. The first-order valence-corrected chi connectivity index (χ1v) is 16.6. The number of rotatable bonds is 7. The van der Waals surface area contributed by atoms with E-state index in [0.29, 0.717) is 44.2 Å². The van der Waals surface area contributed by atoms with Crippen LogP contribution in [0.25, 0.3) is 22.2 Å².